The highest BCUT2D eigenvalue weighted by Gasteiger charge is 2.14. The summed E-state index contributed by atoms with van der Waals surface area (Å²) in [5.41, 5.74) is 0. The second kappa shape index (κ2) is 7.25. The smallest absolute Gasteiger partial charge is 0.151 e. The number of sulfone groups is 1. The molecule has 1 N–H and O–H groups in total. The van der Waals surface area contributed by atoms with Gasteiger partial charge in [0.25, 0.3) is 0 Å². The minimum absolute atomic E-state index is 0.268. The third-order valence-corrected chi connectivity index (χ3v) is 4.74. The Morgan fingerprint density at radius 3 is 2.56 bits per heavy atom. The topological polar surface area (TPSA) is 55.4 Å². The molecule has 0 bridgehead atoms. The van der Waals surface area contributed by atoms with Gasteiger partial charge in [-0.2, -0.15) is 0 Å². The average Bonchev–Trinajstić information content (AvgIpc) is 2.26. The lowest BCUT2D eigenvalue weighted by Gasteiger charge is -2.22. The van der Waals surface area contributed by atoms with Crippen LogP contribution in [-0.4, -0.2) is 46.2 Å². The van der Waals surface area contributed by atoms with Crippen molar-refractivity contribution in [3.63, 3.8) is 0 Å². The van der Waals surface area contributed by atoms with Crippen molar-refractivity contribution >= 4 is 9.84 Å². The van der Waals surface area contributed by atoms with Gasteiger partial charge < -0.3 is 10.1 Å². The van der Waals surface area contributed by atoms with Gasteiger partial charge in [-0.25, -0.2) is 8.42 Å². The molecule has 0 spiro atoms. The molecule has 1 fully saturated rings. The summed E-state index contributed by atoms with van der Waals surface area (Å²) in [7, 11) is -2.82. The van der Waals surface area contributed by atoms with Crippen molar-refractivity contribution in [1.29, 1.82) is 0 Å². The van der Waals surface area contributed by atoms with Gasteiger partial charge in [-0.15, -0.1) is 0 Å². The molecule has 4 nitrogen and oxygen atoms in total. The number of nitrogens with one attached hydrogen (secondary N) is 1. The van der Waals surface area contributed by atoms with Crippen molar-refractivity contribution in [2.24, 2.45) is 5.92 Å². The van der Waals surface area contributed by atoms with Crippen molar-refractivity contribution in [3.05, 3.63) is 0 Å². The summed E-state index contributed by atoms with van der Waals surface area (Å²) in [4.78, 5) is 0. The third kappa shape index (κ3) is 5.82. The molecule has 0 radical (unpaired) electrons. The maximum absolute atomic E-state index is 11.4. The summed E-state index contributed by atoms with van der Waals surface area (Å²) in [6.45, 7) is 5.10. The Kier molecular flexibility index (Phi) is 6.31. The van der Waals surface area contributed by atoms with Gasteiger partial charge in [0.2, 0.25) is 0 Å². The minimum Gasteiger partial charge on any atom is -0.381 e. The molecule has 0 aromatic heterocycles. The molecule has 1 aliphatic rings. The number of ether oxygens (including phenoxy) is 1. The van der Waals surface area contributed by atoms with Crippen LogP contribution in [0.15, 0.2) is 0 Å². The van der Waals surface area contributed by atoms with E-state index in [0.717, 1.165) is 32.6 Å². The van der Waals surface area contributed by atoms with Crippen molar-refractivity contribution in [3.8, 4) is 0 Å². The van der Waals surface area contributed by atoms with Gasteiger partial charge >= 0.3 is 0 Å². The van der Waals surface area contributed by atoms with E-state index in [1.165, 1.54) is 0 Å². The molecular weight excluding hydrogens is 226 g/mol. The Labute approximate surface area is 98.7 Å². The summed E-state index contributed by atoms with van der Waals surface area (Å²) in [6, 6.07) is 0. The fourth-order valence-corrected chi connectivity index (χ4v) is 3.18. The van der Waals surface area contributed by atoms with E-state index < -0.39 is 9.84 Å². The SMILES string of the molecule is CCCS(=O)(=O)CCNCC1CCOCC1. The lowest BCUT2D eigenvalue weighted by molar-refractivity contribution is 0.0665. The molecule has 1 heterocycles. The standard InChI is InChI=1S/C11H23NO3S/c1-2-8-16(13,14)9-5-12-10-11-3-6-15-7-4-11/h11-12H,2-10H2,1H3. The van der Waals surface area contributed by atoms with Crippen LogP contribution in [0.25, 0.3) is 0 Å². The molecule has 1 saturated heterocycles. The highest BCUT2D eigenvalue weighted by Crippen LogP contribution is 2.12. The van der Waals surface area contributed by atoms with E-state index in [1.54, 1.807) is 0 Å². The number of hydrogen-bond donors (Lipinski definition) is 1. The first-order valence-corrected chi connectivity index (χ1v) is 7.95. The maximum Gasteiger partial charge on any atom is 0.151 e. The Bertz CT molecular complexity index is 271. The van der Waals surface area contributed by atoms with Crippen LogP contribution < -0.4 is 5.32 Å². The maximum atomic E-state index is 11.4. The quantitative estimate of drug-likeness (QED) is 0.679. The van der Waals surface area contributed by atoms with Gasteiger partial charge in [0.1, 0.15) is 0 Å². The van der Waals surface area contributed by atoms with Crippen LogP contribution in [0.4, 0.5) is 0 Å². The molecule has 1 aliphatic heterocycles. The summed E-state index contributed by atoms with van der Waals surface area (Å²) in [5.74, 6) is 1.23. The first-order chi connectivity index (χ1) is 7.64. The van der Waals surface area contributed by atoms with E-state index in [1.807, 2.05) is 6.92 Å². The van der Waals surface area contributed by atoms with E-state index in [0.29, 0.717) is 24.6 Å². The second-order valence-corrected chi connectivity index (χ2v) is 6.72. The van der Waals surface area contributed by atoms with E-state index in [-0.39, 0.29) is 5.75 Å². The predicted molar refractivity (Wildman–Crippen MR) is 65.4 cm³/mol. The van der Waals surface area contributed by atoms with Gasteiger partial charge in [-0.05, 0) is 31.7 Å². The molecule has 0 aromatic carbocycles. The largest absolute Gasteiger partial charge is 0.381 e. The number of rotatable bonds is 7. The van der Waals surface area contributed by atoms with Crippen LogP contribution in [0.1, 0.15) is 26.2 Å². The summed E-state index contributed by atoms with van der Waals surface area (Å²) < 4.78 is 28.1. The van der Waals surface area contributed by atoms with E-state index in [4.69, 9.17) is 4.74 Å². The van der Waals surface area contributed by atoms with Crippen LogP contribution in [0.2, 0.25) is 0 Å². The van der Waals surface area contributed by atoms with Crippen LogP contribution in [0, 0.1) is 5.92 Å². The molecule has 1 rings (SSSR count). The fraction of sp³-hybridized carbons (Fsp3) is 1.00. The molecule has 0 amide bonds. The van der Waals surface area contributed by atoms with Crippen LogP contribution in [0.5, 0.6) is 0 Å². The van der Waals surface area contributed by atoms with Gasteiger partial charge in [-0.1, -0.05) is 6.92 Å². The fourth-order valence-electron chi connectivity index (χ4n) is 1.90. The Morgan fingerprint density at radius 1 is 1.25 bits per heavy atom. The lowest BCUT2D eigenvalue weighted by Crippen LogP contribution is -2.31. The van der Waals surface area contributed by atoms with Crippen molar-refractivity contribution < 1.29 is 13.2 Å². The molecule has 0 atom stereocenters. The first-order valence-electron chi connectivity index (χ1n) is 6.13. The molecule has 96 valence electrons. The van der Waals surface area contributed by atoms with Crippen molar-refractivity contribution in [2.75, 3.05) is 37.8 Å². The van der Waals surface area contributed by atoms with Crippen molar-refractivity contribution in [2.45, 2.75) is 26.2 Å². The summed E-state index contributed by atoms with van der Waals surface area (Å²) >= 11 is 0. The summed E-state index contributed by atoms with van der Waals surface area (Å²) in [6.07, 6.45) is 2.89. The van der Waals surface area contributed by atoms with E-state index >= 15 is 0 Å². The van der Waals surface area contributed by atoms with Crippen LogP contribution >= 0.6 is 0 Å². The van der Waals surface area contributed by atoms with Gasteiger partial charge in [0.15, 0.2) is 9.84 Å². The minimum atomic E-state index is -2.82. The Morgan fingerprint density at radius 2 is 1.94 bits per heavy atom. The van der Waals surface area contributed by atoms with E-state index in [2.05, 4.69) is 5.32 Å². The van der Waals surface area contributed by atoms with Gasteiger partial charge in [0, 0.05) is 25.5 Å². The molecule has 0 aliphatic carbocycles. The van der Waals surface area contributed by atoms with Crippen molar-refractivity contribution in [1.82, 2.24) is 5.32 Å². The summed E-state index contributed by atoms with van der Waals surface area (Å²) in [5, 5.41) is 3.23. The molecule has 16 heavy (non-hydrogen) atoms. The highest BCUT2D eigenvalue weighted by atomic mass is 32.2. The molecule has 0 aromatic rings. The van der Waals surface area contributed by atoms with Crippen LogP contribution in [-0.2, 0) is 14.6 Å². The van der Waals surface area contributed by atoms with Gasteiger partial charge in [-0.3, -0.25) is 0 Å². The average molecular weight is 249 g/mol. The third-order valence-electron chi connectivity index (χ3n) is 2.88. The highest BCUT2D eigenvalue weighted by molar-refractivity contribution is 7.91. The van der Waals surface area contributed by atoms with Gasteiger partial charge in [0.05, 0.1) is 5.75 Å². The lowest BCUT2D eigenvalue weighted by atomic mass is 10.0. The Hall–Kier alpha value is -0.130. The van der Waals surface area contributed by atoms with Crippen LogP contribution in [0.3, 0.4) is 0 Å². The second-order valence-electron chi connectivity index (χ2n) is 4.41. The zero-order valence-electron chi connectivity index (χ0n) is 10.1. The Balaban J connectivity index is 2.06. The molecular formula is C11H23NO3S. The molecule has 5 heteroatoms. The normalized spacial score (nSPS) is 18.8. The zero-order chi connectivity index (χ0) is 11.9. The monoisotopic (exact) mass is 249 g/mol. The number of hydrogen-bond acceptors (Lipinski definition) is 4. The molecule has 0 saturated carbocycles. The first kappa shape index (κ1) is 13.9. The predicted octanol–water partition coefficient (Wildman–Crippen LogP) is 0.827. The zero-order valence-corrected chi connectivity index (χ0v) is 10.9. The molecule has 0 unspecified atom stereocenters. The van der Waals surface area contributed by atoms with E-state index in [9.17, 15) is 8.42 Å².